The molecule has 0 aromatic carbocycles. The summed E-state index contributed by atoms with van der Waals surface area (Å²) >= 11 is 0. The molecule has 0 amide bonds. The minimum atomic E-state index is -4.67. The van der Waals surface area contributed by atoms with Crippen LogP contribution in [-0.4, -0.2) is 44.5 Å². The minimum absolute atomic E-state index is 0. The Balaban J connectivity index is 0. The summed E-state index contributed by atoms with van der Waals surface area (Å²) in [6.07, 6.45) is 1.46. The minimum Gasteiger partial charge on any atom is -0.412 e. The van der Waals surface area contributed by atoms with Crippen molar-refractivity contribution in [1.82, 2.24) is 9.78 Å². The average Bonchev–Trinajstić information content (AvgIpc) is 2.34. The van der Waals surface area contributed by atoms with Crippen LogP contribution in [0.3, 0.4) is 0 Å². The third kappa shape index (κ3) is 7.95. The summed E-state index contributed by atoms with van der Waals surface area (Å²) in [6.45, 7) is 0.411. The molecule has 0 saturated carbocycles. The van der Waals surface area contributed by atoms with Crippen molar-refractivity contribution < 1.29 is 28.1 Å². The monoisotopic (exact) mass is 258 g/mol. The molecule has 0 bridgehead atoms. The van der Waals surface area contributed by atoms with Crippen LogP contribution in [0.2, 0.25) is 0 Å². The fourth-order valence-electron chi connectivity index (χ4n) is 0.682. The number of nitrogens with two attached hydrogens (primary N) is 2. The number of nitrogens with zero attached hydrogens (tertiary/aromatic N) is 2. The maximum Gasteiger partial charge on any atom is 0.394 e. The summed E-state index contributed by atoms with van der Waals surface area (Å²) in [6, 6.07) is 0. The zero-order valence-electron chi connectivity index (χ0n) is 8.11. The third-order valence-electron chi connectivity index (χ3n) is 1.22. The van der Waals surface area contributed by atoms with E-state index in [4.69, 9.17) is 34.1 Å². The second-order valence-electron chi connectivity index (χ2n) is 2.38. The van der Waals surface area contributed by atoms with Gasteiger partial charge in [-0.3, -0.25) is 9.11 Å². The Morgan fingerprint density at radius 3 is 2.06 bits per heavy atom. The molecule has 0 aliphatic rings. The van der Waals surface area contributed by atoms with Gasteiger partial charge in [-0.1, -0.05) is 0 Å². The second kappa shape index (κ2) is 6.97. The normalized spacial score (nSPS) is 9.94. The van der Waals surface area contributed by atoms with Gasteiger partial charge in [0, 0.05) is 0 Å². The van der Waals surface area contributed by atoms with Gasteiger partial charge in [0.2, 0.25) is 0 Å². The summed E-state index contributed by atoms with van der Waals surface area (Å²) in [5, 5.41) is 12.3. The largest absolute Gasteiger partial charge is 0.412 e. The van der Waals surface area contributed by atoms with Crippen molar-refractivity contribution in [1.29, 1.82) is 0 Å². The smallest absolute Gasteiger partial charge is 0.394 e. The number of anilines is 2. The quantitative estimate of drug-likeness (QED) is 0.360. The molecule has 0 radical (unpaired) electrons. The van der Waals surface area contributed by atoms with Crippen LogP contribution in [0.25, 0.3) is 0 Å². The Morgan fingerprint density at radius 1 is 1.38 bits per heavy atom. The van der Waals surface area contributed by atoms with Crippen molar-refractivity contribution in [2.24, 2.45) is 0 Å². The summed E-state index contributed by atoms with van der Waals surface area (Å²) in [7, 11) is -4.67. The summed E-state index contributed by atoms with van der Waals surface area (Å²) in [4.78, 5) is 0. The standard InChI is InChI=1S/C5H10N4O.H2O4S.H2O/c6-4-3-8-9(1-2-10)5(4)7;1-5(2,3)4;/h3,10H,1-2,6-7H2;(H2,1,2,3,4);1H2. The molecule has 96 valence electrons. The Hall–Kier alpha value is -1.40. The number of aliphatic hydroxyl groups is 1. The van der Waals surface area contributed by atoms with Gasteiger partial charge >= 0.3 is 10.4 Å². The fraction of sp³-hybridized carbons (Fsp3) is 0.400. The Bertz CT molecular complexity index is 393. The van der Waals surface area contributed by atoms with E-state index in [1.165, 1.54) is 10.9 Å². The molecular formula is C5H14N4O6S. The maximum atomic E-state index is 8.74. The van der Waals surface area contributed by atoms with Crippen molar-refractivity contribution >= 4 is 21.9 Å². The number of aliphatic hydroxyl groups excluding tert-OH is 1. The number of hydrogen-bond acceptors (Lipinski definition) is 6. The fourth-order valence-corrected chi connectivity index (χ4v) is 0.682. The zero-order valence-corrected chi connectivity index (χ0v) is 8.92. The third-order valence-corrected chi connectivity index (χ3v) is 1.22. The van der Waals surface area contributed by atoms with Crippen LogP contribution >= 0.6 is 0 Å². The van der Waals surface area contributed by atoms with E-state index in [2.05, 4.69) is 5.10 Å². The van der Waals surface area contributed by atoms with E-state index in [1.54, 1.807) is 0 Å². The molecule has 0 saturated heterocycles. The lowest BCUT2D eigenvalue weighted by Crippen LogP contribution is -2.07. The Labute approximate surface area is 91.4 Å². The highest BCUT2D eigenvalue weighted by Gasteiger charge is 2.00. The van der Waals surface area contributed by atoms with Crippen LogP contribution in [0.5, 0.6) is 0 Å². The van der Waals surface area contributed by atoms with Crippen molar-refractivity contribution in [3.8, 4) is 0 Å². The molecule has 9 N–H and O–H groups in total. The SMILES string of the molecule is Nc1cnn(CCO)c1N.O.O=S(=O)(O)O. The van der Waals surface area contributed by atoms with Crippen LogP contribution in [0.1, 0.15) is 0 Å². The summed E-state index contributed by atoms with van der Waals surface area (Å²) in [5.41, 5.74) is 11.3. The summed E-state index contributed by atoms with van der Waals surface area (Å²) in [5.74, 6) is 0.411. The van der Waals surface area contributed by atoms with Gasteiger partial charge in [-0.2, -0.15) is 13.5 Å². The zero-order chi connectivity index (χ0) is 12.1. The van der Waals surface area contributed by atoms with Crippen LogP contribution in [0, 0.1) is 0 Å². The van der Waals surface area contributed by atoms with E-state index >= 15 is 0 Å². The van der Waals surface area contributed by atoms with Gasteiger partial charge in [0.15, 0.2) is 0 Å². The van der Waals surface area contributed by atoms with Crippen molar-refractivity contribution in [2.75, 3.05) is 18.1 Å². The molecular weight excluding hydrogens is 244 g/mol. The highest BCUT2D eigenvalue weighted by atomic mass is 32.3. The van der Waals surface area contributed by atoms with E-state index in [0.29, 0.717) is 18.1 Å². The molecule has 1 aromatic rings. The molecule has 16 heavy (non-hydrogen) atoms. The number of rotatable bonds is 2. The first-order chi connectivity index (χ1) is 6.75. The van der Waals surface area contributed by atoms with Crippen LogP contribution in [0.15, 0.2) is 6.20 Å². The summed E-state index contributed by atoms with van der Waals surface area (Å²) < 4.78 is 33.0. The van der Waals surface area contributed by atoms with Gasteiger partial charge < -0.3 is 22.1 Å². The Morgan fingerprint density at radius 2 is 1.81 bits per heavy atom. The van der Waals surface area contributed by atoms with Crippen molar-refractivity contribution in [3.63, 3.8) is 0 Å². The lowest BCUT2D eigenvalue weighted by molar-refractivity contribution is 0.270. The predicted molar refractivity (Wildman–Crippen MR) is 55.9 cm³/mol. The first-order valence-electron chi connectivity index (χ1n) is 3.63. The van der Waals surface area contributed by atoms with Crippen LogP contribution < -0.4 is 11.5 Å². The molecule has 0 spiro atoms. The highest BCUT2D eigenvalue weighted by Crippen LogP contribution is 2.11. The first-order valence-corrected chi connectivity index (χ1v) is 5.03. The molecule has 0 fully saturated rings. The highest BCUT2D eigenvalue weighted by molar-refractivity contribution is 7.79. The van der Waals surface area contributed by atoms with E-state index in [0.717, 1.165) is 0 Å². The molecule has 0 unspecified atom stereocenters. The maximum absolute atomic E-state index is 8.74. The Kier molecular flexibility index (Phi) is 7.41. The van der Waals surface area contributed by atoms with Gasteiger partial charge in [0.25, 0.3) is 0 Å². The molecule has 1 heterocycles. The topological polar surface area (TPSA) is 196 Å². The van der Waals surface area contributed by atoms with E-state index in [9.17, 15) is 0 Å². The van der Waals surface area contributed by atoms with Gasteiger partial charge in [-0.05, 0) is 0 Å². The van der Waals surface area contributed by atoms with Crippen LogP contribution in [-0.2, 0) is 16.9 Å². The van der Waals surface area contributed by atoms with Crippen LogP contribution in [0.4, 0.5) is 11.5 Å². The van der Waals surface area contributed by atoms with Gasteiger partial charge in [-0.25, -0.2) is 4.68 Å². The van der Waals surface area contributed by atoms with Gasteiger partial charge in [0.05, 0.1) is 25.0 Å². The lowest BCUT2D eigenvalue weighted by atomic mass is 10.5. The van der Waals surface area contributed by atoms with E-state index < -0.39 is 10.4 Å². The lowest BCUT2D eigenvalue weighted by Gasteiger charge is -1.99. The molecule has 0 aliphatic carbocycles. The second-order valence-corrected chi connectivity index (χ2v) is 3.28. The predicted octanol–water partition coefficient (Wildman–Crippen LogP) is -2.44. The molecule has 1 rings (SSSR count). The number of aromatic nitrogens is 2. The van der Waals surface area contributed by atoms with Crippen molar-refractivity contribution in [2.45, 2.75) is 6.54 Å². The van der Waals surface area contributed by atoms with Gasteiger partial charge in [-0.15, -0.1) is 0 Å². The number of hydrogen-bond donors (Lipinski definition) is 5. The molecule has 0 atom stereocenters. The number of nitrogen functional groups attached to an aromatic ring is 2. The first kappa shape index (κ1) is 17.0. The van der Waals surface area contributed by atoms with Gasteiger partial charge in [0.1, 0.15) is 5.82 Å². The van der Waals surface area contributed by atoms with E-state index in [-0.39, 0.29) is 12.1 Å². The molecule has 11 heteroatoms. The molecule has 1 aromatic heterocycles. The molecule has 10 nitrogen and oxygen atoms in total. The average molecular weight is 258 g/mol. The molecule has 0 aliphatic heterocycles. The van der Waals surface area contributed by atoms with Crippen molar-refractivity contribution in [3.05, 3.63) is 6.20 Å². The van der Waals surface area contributed by atoms with E-state index in [1.807, 2.05) is 0 Å².